The molecule has 0 saturated carbocycles. The molecule has 0 bridgehead atoms. The average Bonchev–Trinajstić information content (AvgIpc) is 3.24. The van der Waals surface area contributed by atoms with Gasteiger partial charge in [0.25, 0.3) is 0 Å². The van der Waals surface area contributed by atoms with E-state index in [2.05, 4.69) is 100 Å². The Morgan fingerprint density at radius 1 is 0.839 bits per heavy atom. The van der Waals surface area contributed by atoms with Crippen LogP contribution in [0.3, 0.4) is 0 Å². The number of hydrogen-bond donors (Lipinski definition) is 0. The molecule has 0 aliphatic carbocycles. The molecule has 5 nitrogen and oxygen atoms in total. The maximum absolute atomic E-state index is 5.14. The monoisotopic (exact) mass is 405 g/mol. The summed E-state index contributed by atoms with van der Waals surface area (Å²) in [6, 6.07) is 23.4. The van der Waals surface area contributed by atoms with Gasteiger partial charge in [0.15, 0.2) is 11.5 Å². The van der Waals surface area contributed by atoms with E-state index >= 15 is 0 Å². The van der Waals surface area contributed by atoms with Crippen molar-refractivity contribution < 1.29 is 0 Å². The number of aryl methyl sites for hydroxylation is 2. The molecule has 3 heterocycles. The minimum absolute atomic E-state index is 0.834. The number of aromatic nitrogens is 4. The van der Waals surface area contributed by atoms with Crippen LogP contribution in [0.5, 0.6) is 0 Å². The smallest absolute Gasteiger partial charge is 0.214 e. The van der Waals surface area contributed by atoms with E-state index in [0.29, 0.717) is 0 Å². The molecule has 5 aromatic rings. The van der Waals surface area contributed by atoms with Gasteiger partial charge in [0.05, 0.1) is 5.52 Å². The lowest BCUT2D eigenvalue weighted by atomic mass is 10.0. The van der Waals surface area contributed by atoms with Gasteiger partial charge in [0.1, 0.15) is 0 Å². The van der Waals surface area contributed by atoms with Crippen LogP contribution < -0.4 is 4.90 Å². The normalized spacial score (nSPS) is 13.7. The standard InChI is InChI=1S/C26H23N5/c1-17-11-12-23-22(15-17)25-29-28-24(21-10-6-3-7-18(21)2)31(25)26(27-23)30-14-13-19-8-4-5-9-20(19)16-30/h3-12,15H,13-14,16H2,1-2H3. The van der Waals surface area contributed by atoms with E-state index in [9.17, 15) is 0 Å². The second-order valence-corrected chi connectivity index (χ2v) is 8.37. The number of hydrogen-bond acceptors (Lipinski definition) is 4. The van der Waals surface area contributed by atoms with E-state index < -0.39 is 0 Å². The third kappa shape index (κ3) is 2.88. The molecule has 0 unspecified atom stereocenters. The minimum Gasteiger partial charge on any atom is -0.337 e. The molecule has 0 fully saturated rings. The minimum atomic E-state index is 0.834. The van der Waals surface area contributed by atoms with Crippen molar-refractivity contribution >= 4 is 22.5 Å². The largest absolute Gasteiger partial charge is 0.337 e. The molecule has 5 heteroatoms. The summed E-state index contributed by atoms with van der Waals surface area (Å²) in [6.45, 7) is 5.97. The Hall–Kier alpha value is -3.73. The van der Waals surface area contributed by atoms with Gasteiger partial charge < -0.3 is 4.90 Å². The Balaban J connectivity index is 1.63. The number of anilines is 1. The molecule has 0 spiro atoms. The van der Waals surface area contributed by atoms with Crippen LogP contribution in [0.1, 0.15) is 22.3 Å². The lowest BCUT2D eigenvalue weighted by Crippen LogP contribution is -2.32. The van der Waals surface area contributed by atoms with Gasteiger partial charge in [-0.05, 0) is 49.1 Å². The highest BCUT2D eigenvalue weighted by Gasteiger charge is 2.24. The van der Waals surface area contributed by atoms with Crippen molar-refractivity contribution in [3.8, 4) is 11.4 Å². The summed E-state index contributed by atoms with van der Waals surface area (Å²) in [6.07, 6.45) is 1.01. The zero-order valence-corrected chi connectivity index (χ0v) is 17.7. The van der Waals surface area contributed by atoms with E-state index in [0.717, 1.165) is 53.4 Å². The number of nitrogens with zero attached hydrogens (tertiary/aromatic N) is 5. The third-order valence-electron chi connectivity index (χ3n) is 6.28. The van der Waals surface area contributed by atoms with Crippen molar-refractivity contribution in [2.75, 3.05) is 11.4 Å². The summed E-state index contributed by atoms with van der Waals surface area (Å²) in [5.74, 6) is 1.75. The molecule has 6 rings (SSSR count). The zero-order chi connectivity index (χ0) is 20.9. The summed E-state index contributed by atoms with van der Waals surface area (Å²) < 4.78 is 2.15. The highest BCUT2D eigenvalue weighted by molar-refractivity contribution is 5.94. The van der Waals surface area contributed by atoms with Crippen molar-refractivity contribution in [1.82, 2.24) is 19.6 Å². The lowest BCUT2D eigenvalue weighted by Gasteiger charge is -2.30. The van der Waals surface area contributed by atoms with Gasteiger partial charge in [0.2, 0.25) is 5.95 Å². The maximum Gasteiger partial charge on any atom is 0.214 e. The Morgan fingerprint density at radius 3 is 2.52 bits per heavy atom. The van der Waals surface area contributed by atoms with Gasteiger partial charge in [-0.15, -0.1) is 10.2 Å². The van der Waals surface area contributed by atoms with Crippen molar-refractivity contribution in [2.24, 2.45) is 0 Å². The van der Waals surface area contributed by atoms with Crippen LogP contribution in [0.15, 0.2) is 66.7 Å². The molecular weight excluding hydrogens is 382 g/mol. The molecule has 0 radical (unpaired) electrons. The van der Waals surface area contributed by atoms with E-state index in [4.69, 9.17) is 4.98 Å². The topological polar surface area (TPSA) is 46.3 Å². The Kier molecular flexibility index (Phi) is 4.03. The Bertz CT molecular complexity index is 1450. The summed E-state index contributed by atoms with van der Waals surface area (Å²) in [4.78, 5) is 7.50. The molecule has 152 valence electrons. The van der Waals surface area contributed by atoms with Crippen molar-refractivity contribution in [3.05, 3.63) is 89.0 Å². The van der Waals surface area contributed by atoms with Gasteiger partial charge >= 0.3 is 0 Å². The fraction of sp³-hybridized carbons (Fsp3) is 0.192. The molecule has 3 aromatic carbocycles. The molecule has 31 heavy (non-hydrogen) atoms. The molecule has 1 aliphatic heterocycles. The average molecular weight is 406 g/mol. The van der Waals surface area contributed by atoms with Crippen LogP contribution in [0.4, 0.5) is 5.95 Å². The van der Waals surface area contributed by atoms with Crippen LogP contribution >= 0.6 is 0 Å². The van der Waals surface area contributed by atoms with Crippen LogP contribution in [0.25, 0.3) is 27.9 Å². The number of benzene rings is 3. The highest BCUT2D eigenvalue weighted by Crippen LogP contribution is 2.32. The summed E-state index contributed by atoms with van der Waals surface area (Å²) in [7, 11) is 0. The number of rotatable bonds is 2. The fourth-order valence-electron chi connectivity index (χ4n) is 4.61. The van der Waals surface area contributed by atoms with E-state index in [1.54, 1.807) is 0 Å². The van der Waals surface area contributed by atoms with Gasteiger partial charge in [-0.2, -0.15) is 0 Å². The molecule has 1 aliphatic rings. The Morgan fingerprint density at radius 2 is 1.65 bits per heavy atom. The molecule has 0 saturated heterocycles. The second-order valence-electron chi connectivity index (χ2n) is 8.37. The molecule has 2 aromatic heterocycles. The third-order valence-corrected chi connectivity index (χ3v) is 6.28. The summed E-state index contributed by atoms with van der Waals surface area (Å²) in [5.41, 5.74) is 8.05. The predicted molar refractivity (Wildman–Crippen MR) is 124 cm³/mol. The van der Waals surface area contributed by atoms with Gasteiger partial charge in [-0.3, -0.25) is 0 Å². The summed E-state index contributed by atoms with van der Waals surface area (Å²) in [5, 5.41) is 10.3. The van der Waals surface area contributed by atoms with Crippen LogP contribution in [-0.4, -0.2) is 26.1 Å². The first-order valence-electron chi connectivity index (χ1n) is 10.7. The van der Waals surface area contributed by atoms with Crippen molar-refractivity contribution in [1.29, 1.82) is 0 Å². The lowest BCUT2D eigenvalue weighted by molar-refractivity contribution is 0.704. The molecular formula is C26H23N5. The molecule has 0 N–H and O–H groups in total. The van der Waals surface area contributed by atoms with E-state index in [1.807, 2.05) is 0 Å². The van der Waals surface area contributed by atoms with Crippen LogP contribution in [-0.2, 0) is 13.0 Å². The van der Waals surface area contributed by atoms with Gasteiger partial charge in [-0.1, -0.05) is 60.2 Å². The quantitative estimate of drug-likeness (QED) is 0.409. The van der Waals surface area contributed by atoms with E-state index in [1.165, 1.54) is 22.3 Å². The zero-order valence-electron chi connectivity index (χ0n) is 17.7. The first kappa shape index (κ1) is 18.1. The van der Waals surface area contributed by atoms with Gasteiger partial charge in [-0.25, -0.2) is 9.38 Å². The first-order valence-corrected chi connectivity index (χ1v) is 10.7. The predicted octanol–water partition coefficient (Wildman–Crippen LogP) is 5.12. The van der Waals surface area contributed by atoms with Crippen molar-refractivity contribution in [2.45, 2.75) is 26.8 Å². The fourth-order valence-corrected chi connectivity index (χ4v) is 4.61. The van der Waals surface area contributed by atoms with Crippen LogP contribution in [0, 0.1) is 13.8 Å². The molecule has 0 atom stereocenters. The first-order chi connectivity index (χ1) is 15.2. The highest BCUT2D eigenvalue weighted by atomic mass is 15.4. The SMILES string of the molecule is Cc1ccc2nc(N3CCc4ccccc4C3)n3c(-c4ccccc4C)nnc3c2c1. The second kappa shape index (κ2) is 6.91. The van der Waals surface area contributed by atoms with Gasteiger partial charge in [0, 0.05) is 24.0 Å². The summed E-state index contributed by atoms with van der Waals surface area (Å²) >= 11 is 0. The van der Waals surface area contributed by atoms with Crippen LogP contribution in [0.2, 0.25) is 0 Å². The van der Waals surface area contributed by atoms with E-state index in [-0.39, 0.29) is 0 Å². The van der Waals surface area contributed by atoms with Crippen molar-refractivity contribution in [3.63, 3.8) is 0 Å². The number of fused-ring (bicyclic) bond motifs is 4. The Labute approximate surface area is 181 Å². The molecule has 0 amide bonds. The maximum atomic E-state index is 5.14.